The van der Waals surface area contributed by atoms with Gasteiger partial charge < -0.3 is 4.57 Å². The molecule has 2 aromatic heterocycles. The van der Waals surface area contributed by atoms with Crippen molar-refractivity contribution >= 4 is 11.2 Å². The Balaban J connectivity index is 2.12. The van der Waals surface area contributed by atoms with Crippen LogP contribution < -0.4 is 11.2 Å². The van der Waals surface area contributed by atoms with Gasteiger partial charge in [0.15, 0.2) is 11.2 Å². The van der Waals surface area contributed by atoms with Crippen LogP contribution in [0.3, 0.4) is 0 Å². The number of benzene rings is 1. The van der Waals surface area contributed by atoms with E-state index in [4.69, 9.17) is 0 Å². The number of rotatable bonds is 2. The van der Waals surface area contributed by atoms with Gasteiger partial charge in [-0.15, -0.1) is 0 Å². The van der Waals surface area contributed by atoms with E-state index in [1.54, 1.807) is 10.9 Å². The molecule has 0 atom stereocenters. The van der Waals surface area contributed by atoms with E-state index in [1.807, 2.05) is 31.2 Å². The molecule has 0 bridgehead atoms. The third-order valence-corrected chi connectivity index (χ3v) is 2.95. The molecular weight excluding hydrogens is 244 g/mol. The zero-order valence-electron chi connectivity index (χ0n) is 10.3. The smallest absolute Gasteiger partial charge is 0.320 e. The lowest BCUT2D eigenvalue weighted by Crippen LogP contribution is -2.23. The summed E-state index contributed by atoms with van der Waals surface area (Å²) >= 11 is 0. The molecule has 19 heavy (non-hydrogen) atoms. The second-order valence-electron chi connectivity index (χ2n) is 4.47. The molecule has 2 N–H and O–H groups in total. The van der Waals surface area contributed by atoms with Gasteiger partial charge in [-0.1, -0.05) is 29.8 Å². The van der Waals surface area contributed by atoms with Crippen molar-refractivity contribution in [2.24, 2.45) is 0 Å². The molecule has 1 aromatic carbocycles. The fraction of sp³-hybridized carbons (Fsp3) is 0.154. The first-order chi connectivity index (χ1) is 9.13. The van der Waals surface area contributed by atoms with Crippen molar-refractivity contribution in [1.82, 2.24) is 19.5 Å². The molecule has 0 fully saturated rings. The van der Waals surface area contributed by atoms with Gasteiger partial charge in [0.2, 0.25) is 0 Å². The maximum absolute atomic E-state index is 11.8. The molecule has 0 unspecified atom stereocenters. The molecular formula is C13H12N4O2. The zero-order valence-corrected chi connectivity index (χ0v) is 10.3. The Bertz CT molecular complexity index is 857. The monoisotopic (exact) mass is 256 g/mol. The Morgan fingerprint density at radius 2 is 2.11 bits per heavy atom. The molecule has 0 radical (unpaired) electrons. The van der Waals surface area contributed by atoms with Gasteiger partial charge in [0, 0.05) is 6.54 Å². The van der Waals surface area contributed by atoms with E-state index in [0.717, 1.165) is 11.1 Å². The lowest BCUT2D eigenvalue weighted by molar-refractivity contribution is 0.818. The molecule has 0 amide bonds. The summed E-state index contributed by atoms with van der Waals surface area (Å²) in [4.78, 5) is 31.7. The van der Waals surface area contributed by atoms with Crippen LogP contribution >= 0.6 is 0 Å². The molecule has 6 heteroatoms. The number of aromatic nitrogens is 4. The summed E-state index contributed by atoms with van der Waals surface area (Å²) in [6, 6.07) is 8.01. The van der Waals surface area contributed by atoms with Crippen LogP contribution in [0.25, 0.3) is 11.2 Å². The summed E-state index contributed by atoms with van der Waals surface area (Å²) in [7, 11) is 0. The number of hydrogen-bond acceptors (Lipinski definition) is 3. The van der Waals surface area contributed by atoms with E-state index in [2.05, 4.69) is 15.0 Å². The maximum atomic E-state index is 11.8. The number of hydrogen-bond donors (Lipinski definition) is 2. The third-order valence-electron chi connectivity index (χ3n) is 2.95. The number of nitrogens with zero attached hydrogens (tertiary/aromatic N) is 2. The molecule has 0 spiro atoms. The highest BCUT2D eigenvalue weighted by atomic mass is 16.2. The van der Waals surface area contributed by atoms with Crippen LogP contribution in [0.4, 0.5) is 0 Å². The van der Waals surface area contributed by atoms with Gasteiger partial charge in [0.05, 0.1) is 6.33 Å². The standard InChI is InChI=1S/C13H12N4O2/c1-8-3-2-4-9(5-8)6-17-7-14-11-10(17)12(18)16-13(19)15-11/h2-5,7H,6H2,1H3,(H2,15,16,18,19). The molecule has 2 heterocycles. The minimum atomic E-state index is -0.543. The first-order valence-corrected chi connectivity index (χ1v) is 5.86. The zero-order chi connectivity index (χ0) is 13.4. The summed E-state index contributed by atoms with van der Waals surface area (Å²) in [6.07, 6.45) is 1.55. The highest BCUT2D eigenvalue weighted by Gasteiger charge is 2.08. The normalized spacial score (nSPS) is 11.0. The molecule has 0 saturated carbocycles. The quantitative estimate of drug-likeness (QED) is 0.710. The molecule has 0 aliphatic rings. The van der Waals surface area contributed by atoms with Crippen LogP contribution in [-0.2, 0) is 6.54 Å². The SMILES string of the molecule is Cc1cccc(Cn2cnc3[nH]c(=O)[nH]c(=O)c32)c1. The van der Waals surface area contributed by atoms with E-state index in [1.165, 1.54) is 0 Å². The van der Waals surface area contributed by atoms with Crippen molar-refractivity contribution in [3.63, 3.8) is 0 Å². The van der Waals surface area contributed by atoms with Crippen LogP contribution in [0.2, 0.25) is 0 Å². The topological polar surface area (TPSA) is 83.5 Å². The van der Waals surface area contributed by atoms with Gasteiger partial charge in [-0.25, -0.2) is 9.78 Å². The van der Waals surface area contributed by atoms with Crippen LogP contribution in [-0.4, -0.2) is 19.5 Å². The van der Waals surface area contributed by atoms with Gasteiger partial charge in [0.1, 0.15) is 0 Å². The summed E-state index contributed by atoms with van der Waals surface area (Å²) in [5.74, 6) is 0. The molecule has 3 rings (SSSR count). The summed E-state index contributed by atoms with van der Waals surface area (Å²) in [5.41, 5.74) is 1.94. The van der Waals surface area contributed by atoms with Gasteiger partial charge >= 0.3 is 5.69 Å². The first-order valence-electron chi connectivity index (χ1n) is 5.86. The minimum Gasteiger partial charge on any atom is -0.320 e. The summed E-state index contributed by atoms with van der Waals surface area (Å²) in [6.45, 7) is 2.55. The lowest BCUT2D eigenvalue weighted by atomic mass is 10.1. The fourth-order valence-corrected chi connectivity index (χ4v) is 2.14. The van der Waals surface area contributed by atoms with E-state index in [9.17, 15) is 9.59 Å². The number of imidazole rings is 1. The van der Waals surface area contributed by atoms with Gasteiger partial charge in [-0.3, -0.25) is 14.8 Å². The van der Waals surface area contributed by atoms with E-state index < -0.39 is 11.2 Å². The number of aryl methyl sites for hydroxylation is 1. The fourth-order valence-electron chi connectivity index (χ4n) is 2.14. The first kappa shape index (κ1) is 11.5. The molecule has 6 nitrogen and oxygen atoms in total. The second kappa shape index (κ2) is 4.24. The molecule has 0 aliphatic carbocycles. The number of aromatic amines is 2. The summed E-state index contributed by atoms with van der Waals surface area (Å²) in [5, 5.41) is 0. The predicted octanol–water partition coefficient (Wildman–Crippen LogP) is 0.770. The molecule has 0 aliphatic heterocycles. The van der Waals surface area contributed by atoms with Crippen molar-refractivity contribution in [3.05, 3.63) is 62.6 Å². The van der Waals surface area contributed by atoms with Crippen molar-refractivity contribution in [2.45, 2.75) is 13.5 Å². The lowest BCUT2D eigenvalue weighted by Gasteiger charge is -2.04. The largest absolute Gasteiger partial charge is 0.327 e. The van der Waals surface area contributed by atoms with Gasteiger partial charge in [0.25, 0.3) is 5.56 Å². The van der Waals surface area contributed by atoms with Crippen LogP contribution in [0, 0.1) is 6.92 Å². The molecule has 3 aromatic rings. The average molecular weight is 256 g/mol. The Labute approximate surface area is 107 Å². The highest BCUT2D eigenvalue weighted by molar-refractivity contribution is 5.68. The Morgan fingerprint density at radius 3 is 2.89 bits per heavy atom. The van der Waals surface area contributed by atoms with Crippen molar-refractivity contribution < 1.29 is 0 Å². The van der Waals surface area contributed by atoms with Crippen molar-refractivity contribution in [2.75, 3.05) is 0 Å². The summed E-state index contributed by atoms with van der Waals surface area (Å²) < 4.78 is 1.72. The minimum absolute atomic E-state index is 0.307. The highest BCUT2D eigenvalue weighted by Crippen LogP contribution is 2.09. The number of nitrogens with one attached hydrogen (secondary N) is 2. The van der Waals surface area contributed by atoms with Crippen LogP contribution in [0.5, 0.6) is 0 Å². The predicted molar refractivity (Wildman–Crippen MR) is 71.3 cm³/mol. The Hall–Kier alpha value is -2.63. The molecule has 96 valence electrons. The molecule has 0 saturated heterocycles. The Kier molecular flexibility index (Phi) is 2.56. The maximum Gasteiger partial charge on any atom is 0.327 e. The van der Waals surface area contributed by atoms with Gasteiger partial charge in [-0.2, -0.15) is 0 Å². The van der Waals surface area contributed by atoms with E-state index in [0.29, 0.717) is 17.7 Å². The van der Waals surface area contributed by atoms with Crippen LogP contribution in [0.15, 0.2) is 40.2 Å². The number of H-pyrrole nitrogens is 2. The van der Waals surface area contributed by atoms with Gasteiger partial charge in [-0.05, 0) is 12.5 Å². The van der Waals surface area contributed by atoms with E-state index in [-0.39, 0.29) is 0 Å². The van der Waals surface area contributed by atoms with E-state index >= 15 is 0 Å². The van der Waals surface area contributed by atoms with Crippen molar-refractivity contribution in [1.29, 1.82) is 0 Å². The number of fused-ring (bicyclic) bond motifs is 1. The van der Waals surface area contributed by atoms with Crippen LogP contribution in [0.1, 0.15) is 11.1 Å². The Morgan fingerprint density at radius 1 is 1.26 bits per heavy atom. The van der Waals surface area contributed by atoms with Crippen molar-refractivity contribution in [3.8, 4) is 0 Å². The third kappa shape index (κ3) is 2.08. The average Bonchev–Trinajstić information content (AvgIpc) is 2.72. The second-order valence-corrected chi connectivity index (χ2v) is 4.47.